The summed E-state index contributed by atoms with van der Waals surface area (Å²) in [7, 11) is 0. The standard InChI is InChI=1S/C12H15FN2OS/c1-8-3-2-4-9(13)11(8)15-12(16)10-7-17-6-5-14-10/h2-4,10,14H,5-7H2,1H3,(H,15,16). The Bertz CT molecular complexity index is 399. The highest BCUT2D eigenvalue weighted by Crippen LogP contribution is 2.19. The van der Waals surface area contributed by atoms with Crippen molar-refractivity contribution in [3.05, 3.63) is 29.6 Å². The van der Waals surface area contributed by atoms with E-state index in [0.29, 0.717) is 0 Å². The first-order chi connectivity index (χ1) is 8.18. The minimum Gasteiger partial charge on any atom is -0.322 e. The Morgan fingerprint density at radius 2 is 2.41 bits per heavy atom. The van der Waals surface area contributed by atoms with Gasteiger partial charge in [0, 0.05) is 18.1 Å². The number of halogens is 1. The Kier molecular flexibility index (Phi) is 4.02. The number of amides is 1. The van der Waals surface area contributed by atoms with Crippen LogP contribution < -0.4 is 10.6 Å². The summed E-state index contributed by atoms with van der Waals surface area (Å²) in [6.45, 7) is 2.60. The van der Waals surface area contributed by atoms with Gasteiger partial charge in [-0.05, 0) is 18.6 Å². The maximum absolute atomic E-state index is 13.5. The second kappa shape index (κ2) is 5.51. The number of hydrogen-bond donors (Lipinski definition) is 2. The molecule has 0 bridgehead atoms. The fraction of sp³-hybridized carbons (Fsp3) is 0.417. The first-order valence-electron chi connectivity index (χ1n) is 5.55. The number of hydrogen-bond acceptors (Lipinski definition) is 3. The topological polar surface area (TPSA) is 41.1 Å². The zero-order chi connectivity index (χ0) is 12.3. The lowest BCUT2D eigenvalue weighted by Crippen LogP contribution is -2.46. The number of carbonyl (C=O) groups is 1. The molecule has 1 fully saturated rings. The van der Waals surface area contributed by atoms with Crippen molar-refractivity contribution in [2.24, 2.45) is 0 Å². The zero-order valence-electron chi connectivity index (χ0n) is 9.63. The van der Waals surface area contributed by atoms with E-state index in [2.05, 4.69) is 10.6 Å². The van der Waals surface area contributed by atoms with Gasteiger partial charge in [-0.1, -0.05) is 12.1 Å². The van der Waals surface area contributed by atoms with E-state index in [1.807, 2.05) is 0 Å². The van der Waals surface area contributed by atoms with E-state index in [0.717, 1.165) is 23.6 Å². The van der Waals surface area contributed by atoms with Crippen LogP contribution in [0.2, 0.25) is 0 Å². The highest BCUT2D eigenvalue weighted by Gasteiger charge is 2.22. The van der Waals surface area contributed by atoms with Crippen molar-refractivity contribution < 1.29 is 9.18 Å². The maximum atomic E-state index is 13.5. The smallest absolute Gasteiger partial charge is 0.242 e. The van der Waals surface area contributed by atoms with Crippen LogP contribution >= 0.6 is 11.8 Å². The van der Waals surface area contributed by atoms with Gasteiger partial charge >= 0.3 is 0 Å². The number of benzene rings is 1. The summed E-state index contributed by atoms with van der Waals surface area (Å²) in [5, 5.41) is 5.78. The van der Waals surface area contributed by atoms with E-state index in [9.17, 15) is 9.18 Å². The summed E-state index contributed by atoms with van der Waals surface area (Å²) in [6, 6.07) is 4.54. The average Bonchev–Trinajstić information content (AvgIpc) is 2.35. The minimum absolute atomic E-state index is 0.162. The van der Waals surface area contributed by atoms with E-state index in [4.69, 9.17) is 0 Å². The number of nitrogens with one attached hydrogen (secondary N) is 2. The SMILES string of the molecule is Cc1cccc(F)c1NC(=O)C1CSCCN1. The fourth-order valence-electron chi connectivity index (χ4n) is 1.73. The van der Waals surface area contributed by atoms with Gasteiger partial charge in [-0.3, -0.25) is 4.79 Å². The molecule has 0 aromatic heterocycles. The van der Waals surface area contributed by atoms with Crippen LogP contribution in [0.3, 0.4) is 0 Å². The Hall–Kier alpha value is -1.07. The summed E-state index contributed by atoms with van der Waals surface area (Å²) < 4.78 is 13.5. The third kappa shape index (κ3) is 2.98. The Morgan fingerprint density at radius 3 is 3.06 bits per heavy atom. The van der Waals surface area contributed by atoms with Gasteiger partial charge in [0.05, 0.1) is 11.7 Å². The summed E-state index contributed by atoms with van der Waals surface area (Å²) in [5.74, 6) is 1.20. The van der Waals surface area contributed by atoms with E-state index < -0.39 is 0 Å². The van der Waals surface area contributed by atoms with Crippen molar-refractivity contribution in [3.63, 3.8) is 0 Å². The Labute approximate surface area is 104 Å². The van der Waals surface area contributed by atoms with Gasteiger partial charge in [0.1, 0.15) is 5.82 Å². The molecule has 1 aliphatic heterocycles. The van der Waals surface area contributed by atoms with Gasteiger partial charge in [-0.15, -0.1) is 0 Å². The molecule has 1 unspecified atom stereocenters. The second-order valence-electron chi connectivity index (χ2n) is 4.00. The van der Waals surface area contributed by atoms with Crippen LogP contribution in [0.4, 0.5) is 10.1 Å². The number of thioether (sulfide) groups is 1. The molecule has 1 heterocycles. The van der Waals surface area contributed by atoms with Gasteiger partial charge < -0.3 is 10.6 Å². The van der Waals surface area contributed by atoms with Gasteiger partial charge in [-0.2, -0.15) is 11.8 Å². The molecule has 0 saturated carbocycles. The van der Waals surface area contributed by atoms with Crippen molar-refractivity contribution in [2.45, 2.75) is 13.0 Å². The Morgan fingerprint density at radius 1 is 1.59 bits per heavy atom. The molecule has 1 amide bonds. The number of anilines is 1. The molecule has 0 spiro atoms. The monoisotopic (exact) mass is 254 g/mol. The normalized spacial score (nSPS) is 20.0. The highest BCUT2D eigenvalue weighted by molar-refractivity contribution is 7.99. The van der Waals surface area contributed by atoms with Gasteiger partial charge in [0.2, 0.25) is 5.91 Å². The second-order valence-corrected chi connectivity index (χ2v) is 5.15. The molecule has 5 heteroatoms. The van der Waals surface area contributed by atoms with Gasteiger partial charge in [0.25, 0.3) is 0 Å². The van der Waals surface area contributed by atoms with Gasteiger partial charge in [-0.25, -0.2) is 4.39 Å². The van der Waals surface area contributed by atoms with Crippen LogP contribution in [0.5, 0.6) is 0 Å². The summed E-state index contributed by atoms with van der Waals surface area (Å²) >= 11 is 1.73. The van der Waals surface area contributed by atoms with E-state index in [1.165, 1.54) is 6.07 Å². The molecular weight excluding hydrogens is 239 g/mol. The molecule has 2 rings (SSSR count). The van der Waals surface area contributed by atoms with E-state index >= 15 is 0 Å². The molecule has 92 valence electrons. The molecule has 1 saturated heterocycles. The van der Waals surface area contributed by atoms with Crippen molar-refractivity contribution in [1.82, 2.24) is 5.32 Å². The molecule has 1 atom stereocenters. The summed E-state index contributed by atoms with van der Waals surface area (Å²) in [4.78, 5) is 11.9. The molecule has 17 heavy (non-hydrogen) atoms. The fourth-order valence-corrected chi connectivity index (χ4v) is 2.67. The van der Waals surface area contributed by atoms with Crippen LogP contribution in [0.1, 0.15) is 5.56 Å². The molecule has 1 aromatic rings. The maximum Gasteiger partial charge on any atom is 0.242 e. The third-order valence-corrected chi connectivity index (χ3v) is 3.77. The Balaban J connectivity index is 2.07. The van der Waals surface area contributed by atoms with Crippen LogP contribution in [0.25, 0.3) is 0 Å². The first-order valence-corrected chi connectivity index (χ1v) is 6.71. The van der Waals surface area contributed by atoms with Gasteiger partial charge in [0.15, 0.2) is 0 Å². The third-order valence-electron chi connectivity index (χ3n) is 2.71. The zero-order valence-corrected chi connectivity index (χ0v) is 10.4. The number of carbonyl (C=O) groups excluding carboxylic acids is 1. The van der Waals surface area contributed by atoms with Crippen LogP contribution in [0.15, 0.2) is 18.2 Å². The van der Waals surface area contributed by atoms with E-state index in [1.54, 1.807) is 30.8 Å². The van der Waals surface area contributed by atoms with Crippen LogP contribution in [0, 0.1) is 12.7 Å². The number of para-hydroxylation sites is 1. The number of aryl methyl sites for hydroxylation is 1. The number of rotatable bonds is 2. The predicted octanol–water partition coefficient (Wildman–Crippen LogP) is 1.78. The van der Waals surface area contributed by atoms with Crippen molar-refractivity contribution >= 4 is 23.4 Å². The van der Waals surface area contributed by atoms with E-state index in [-0.39, 0.29) is 23.5 Å². The highest BCUT2D eigenvalue weighted by atomic mass is 32.2. The van der Waals surface area contributed by atoms with Crippen LogP contribution in [-0.2, 0) is 4.79 Å². The van der Waals surface area contributed by atoms with Crippen molar-refractivity contribution in [2.75, 3.05) is 23.4 Å². The molecule has 0 aliphatic carbocycles. The predicted molar refractivity (Wildman–Crippen MR) is 68.9 cm³/mol. The molecule has 0 radical (unpaired) electrons. The average molecular weight is 254 g/mol. The van der Waals surface area contributed by atoms with Crippen LogP contribution in [-0.4, -0.2) is 30.0 Å². The first kappa shape index (κ1) is 12.4. The summed E-state index contributed by atoms with van der Waals surface area (Å²) in [5.41, 5.74) is 1.02. The largest absolute Gasteiger partial charge is 0.322 e. The lowest BCUT2D eigenvalue weighted by molar-refractivity contribution is -0.117. The van der Waals surface area contributed by atoms with Crippen molar-refractivity contribution in [1.29, 1.82) is 0 Å². The lowest BCUT2D eigenvalue weighted by atomic mass is 10.2. The molecule has 1 aliphatic rings. The molecular formula is C12H15FN2OS. The molecule has 3 nitrogen and oxygen atoms in total. The molecule has 1 aromatic carbocycles. The van der Waals surface area contributed by atoms with Crippen molar-refractivity contribution in [3.8, 4) is 0 Å². The summed E-state index contributed by atoms with van der Waals surface area (Å²) in [6.07, 6.45) is 0. The quantitative estimate of drug-likeness (QED) is 0.845. The lowest BCUT2D eigenvalue weighted by Gasteiger charge is -2.22. The molecule has 2 N–H and O–H groups in total. The minimum atomic E-state index is -0.387.